The van der Waals surface area contributed by atoms with Crippen LogP contribution in [-0.2, 0) is 24.2 Å². The number of thiophene rings is 1. The van der Waals surface area contributed by atoms with Crippen molar-refractivity contribution in [2.45, 2.75) is 57.1 Å². The number of rotatable bonds is 7. The summed E-state index contributed by atoms with van der Waals surface area (Å²) < 4.78 is 7.43. The van der Waals surface area contributed by atoms with Crippen LogP contribution in [0.15, 0.2) is 28.0 Å². The van der Waals surface area contributed by atoms with Crippen LogP contribution in [0.3, 0.4) is 0 Å². The Labute approximate surface area is 183 Å². The van der Waals surface area contributed by atoms with E-state index in [0.717, 1.165) is 44.2 Å². The second-order valence-electron chi connectivity index (χ2n) is 7.15. The molecule has 0 atom stereocenters. The molecule has 1 N–H and O–H groups in total. The highest BCUT2D eigenvalue weighted by atomic mass is 32.2. The summed E-state index contributed by atoms with van der Waals surface area (Å²) in [5.74, 6) is 1.39. The van der Waals surface area contributed by atoms with Crippen LogP contribution in [0, 0.1) is 11.3 Å². The lowest BCUT2D eigenvalue weighted by Crippen LogP contribution is -2.14. The van der Waals surface area contributed by atoms with Crippen LogP contribution in [0.5, 0.6) is 0 Å². The molecule has 1 aliphatic rings. The average Bonchev–Trinajstić information content (AvgIpc) is 3.43. The van der Waals surface area contributed by atoms with Crippen molar-refractivity contribution in [1.82, 2.24) is 14.8 Å². The topological polar surface area (TPSA) is 96.7 Å². The van der Waals surface area contributed by atoms with Gasteiger partial charge in [0.1, 0.15) is 11.1 Å². The lowest BCUT2D eigenvalue weighted by molar-refractivity contribution is -0.113. The zero-order valence-electron chi connectivity index (χ0n) is 16.8. The number of nitrogens with zero attached hydrogens (tertiary/aromatic N) is 4. The number of anilines is 1. The predicted octanol–water partition coefficient (Wildman–Crippen LogP) is 4.88. The van der Waals surface area contributed by atoms with Gasteiger partial charge in [-0.3, -0.25) is 9.36 Å². The average molecular weight is 442 g/mol. The van der Waals surface area contributed by atoms with Gasteiger partial charge in [-0.05, 0) is 49.8 Å². The summed E-state index contributed by atoms with van der Waals surface area (Å²) in [5, 5.41) is 22.5. The van der Waals surface area contributed by atoms with E-state index < -0.39 is 0 Å². The van der Waals surface area contributed by atoms with Crippen molar-refractivity contribution in [3.05, 3.63) is 34.4 Å². The number of hydrogen-bond donors (Lipinski definition) is 1. The van der Waals surface area contributed by atoms with Crippen LogP contribution in [0.1, 0.15) is 48.6 Å². The maximum Gasteiger partial charge on any atom is 0.235 e. The van der Waals surface area contributed by atoms with E-state index in [1.165, 1.54) is 23.1 Å². The Morgan fingerprint density at radius 3 is 3.00 bits per heavy atom. The van der Waals surface area contributed by atoms with Gasteiger partial charge in [0.2, 0.25) is 5.91 Å². The van der Waals surface area contributed by atoms with E-state index in [1.54, 1.807) is 17.6 Å². The number of aryl methyl sites for hydroxylation is 1. The number of fused-ring (bicyclic) bond motifs is 1. The first-order chi connectivity index (χ1) is 14.7. The molecule has 0 saturated carbocycles. The fourth-order valence-electron chi connectivity index (χ4n) is 3.65. The number of aromatic nitrogens is 3. The number of thioether (sulfide) groups is 1. The molecule has 0 spiro atoms. The van der Waals surface area contributed by atoms with Gasteiger partial charge in [0.05, 0.1) is 17.6 Å². The minimum atomic E-state index is -0.140. The maximum absolute atomic E-state index is 12.6. The van der Waals surface area contributed by atoms with Crippen LogP contribution in [0.4, 0.5) is 5.00 Å². The van der Waals surface area contributed by atoms with Crippen LogP contribution < -0.4 is 5.32 Å². The molecule has 0 fully saturated rings. The summed E-state index contributed by atoms with van der Waals surface area (Å²) in [6.45, 7) is 2.82. The van der Waals surface area contributed by atoms with Crippen LogP contribution >= 0.6 is 23.1 Å². The Bertz CT molecular complexity index is 1060. The second-order valence-corrected chi connectivity index (χ2v) is 9.20. The van der Waals surface area contributed by atoms with E-state index in [0.29, 0.717) is 27.3 Å². The molecule has 7 nitrogen and oxygen atoms in total. The van der Waals surface area contributed by atoms with Crippen molar-refractivity contribution in [3.63, 3.8) is 0 Å². The molecule has 0 saturated heterocycles. The summed E-state index contributed by atoms with van der Waals surface area (Å²) in [6, 6.07) is 5.97. The third-order valence-corrected chi connectivity index (χ3v) is 7.20. The molecular formula is C21H23N5O2S2. The van der Waals surface area contributed by atoms with Crippen LogP contribution in [0.25, 0.3) is 11.6 Å². The molecule has 3 aromatic rings. The van der Waals surface area contributed by atoms with E-state index in [-0.39, 0.29) is 11.7 Å². The van der Waals surface area contributed by atoms with E-state index >= 15 is 0 Å². The highest BCUT2D eigenvalue weighted by molar-refractivity contribution is 7.99. The Kier molecular flexibility index (Phi) is 6.55. The minimum absolute atomic E-state index is 0.140. The molecule has 1 aliphatic carbocycles. The summed E-state index contributed by atoms with van der Waals surface area (Å²) in [6.07, 6.45) is 7.89. The molecule has 0 bridgehead atoms. The number of nitriles is 1. The molecule has 9 heteroatoms. The van der Waals surface area contributed by atoms with Crippen LogP contribution in [0.2, 0.25) is 0 Å². The molecule has 3 aromatic heterocycles. The molecule has 0 radical (unpaired) electrons. The Morgan fingerprint density at radius 1 is 1.37 bits per heavy atom. The largest absolute Gasteiger partial charge is 0.461 e. The third-order valence-electron chi connectivity index (χ3n) is 5.02. The Morgan fingerprint density at radius 2 is 2.23 bits per heavy atom. The van der Waals surface area contributed by atoms with E-state index in [1.807, 2.05) is 16.7 Å². The van der Waals surface area contributed by atoms with Gasteiger partial charge in [-0.2, -0.15) is 5.26 Å². The van der Waals surface area contributed by atoms with E-state index in [2.05, 4.69) is 28.5 Å². The predicted molar refractivity (Wildman–Crippen MR) is 118 cm³/mol. The van der Waals surface area contributed by atoms with Gasteiger partial charge < -0.3 is 9.73 Å². The molecule has 4 rings (SSSR count). The number of carbonyl (C=O) groups is 1. The molecular weight excluding hydrogens is 418 g/mol. The number of furan rings is 1. The molecule has 3 heterocycles. The smallest absolute Gasteiger partial charge is 0.235 e. The fraction of sp³-hybridized carbons (Fsp3) is 0.429. The van der Waals surface area contributed by atoms with Crippen molar-refractivity contribution in [2.24, 2.45) is 0 Å². The first-order valence-corrected chi connectivity index (χ1v) is 12.0. The second kappa shape index (κ2) is 9.49. The molecule has 0 unspecified atom stereocenters. The van der Waals surface area contributed by atoms with Gasteiger partial charge in [0.25, 0.3) is 0 Å². The van der Waals surface area contributed by atoms with Crippen molar-refractivity contribution >= 4 is 34.0 Å². The standard InChI is InChI=1S/C21H23N5O2S2/c1-2-10-26-19(16-8-6-11-28-16)24-25-21(26)29-13-18(27)23-20-15(12-22)14-7-4-3-5-9-17(14)30-20/h6,8,11H,2-5,7,9-10,13H2,1H3,(H,23,27). The molecule has 156 valence electrons. The zero-order chi connectivity index (χ0) is 20.9. The first kappa shape index (κ1) is 20.7. The van der Waals surface area contributed by atoms with Crippen molar-refractivity contribution in [2.75, 3.05) is 11.1 Å². The van der Waals surface area contributed by atoms with E-state index in [4.69, 9.17) is 4.42 Å². The molecule has 0 aromatic carbocycles. The van der Waals surface area contributed by atoms with Crippen LogP contribution in [-0.4, -0.2) is 26.4 Å². The lowest BCUT2D eigenvalue weighted by atomic mass is 10.1. The number of amides is 1. The normalized spacial score (nSPS) is 13.5. The fourth-order valence-corrected chi connectivity index (χ4v) is 5.67. The summed E-state index contributed by atoms with van der Waals surface area (Å²) in [4.78, 5) is 13.9. The van der Waals surface area contributed by atoms with Gasteiger partial charge in [-0.15, -0.1) is 21.5 Å². The van der Waals surface area contributed by atoms with Gasteiger partial charge >= 0.3 is 0 Å². The summed E-state index contributed by atoms with van der Waals surface area (Å²) in [7, 11) is 0. The van der Waals surface area contributed by atoms with Crippen molar-refractivity contribution in [3.8, 4) is 17.7 Å². The monoisotopic (exact) mass is 441 g/mol. The van der Waals surface area contributed by atoms with Gasteiger partial charge in [-0.1, -0.05) is 25.1 Å². The third kappa shape index (κ3) is 4.30. The minimum Gasteiger partial charge on any atom is -0.461 e. The lowest BCUT2D eigenvalue weighted by Gasteiger charge is -2.07. The maximum atomic E-state index is 12.6. The highest BCUT2D eigenvalue weighted by Crippen LogP contribution is 2.37. The highest BCUT2D eigenvalue weighted by Gasteiger charge is 2.22. The number of carbonyl (C=O) groups excluding carboxylic acids is 1. The zero-order valence-corrected chi connectivity index (χ0v) is 18.4. The molecule has 1 amide bonds. The van der Waals surface area contributed by atoms with Gasteiger partial charge in [0.15, 0.2) is 16.7 Å². The Balaban J connectivity index is 1.45. The summed E-state index contributed by atoms with van der Waals surface area (Å²) in [5.41, 5.74) is 1.78. The van der Waals surface area contributed by atoms with Gasteiger partial charge in [0, 0.05) is 11.4 Å². The Hall–Kier alpha value is -2.57. The van der Waals surface area contributed by atoms with Gasteiger partial charge in [-0.25, -0.2) is 0 Å². The number of nitrogens with one attached hydrogen (secondary N) is 1. The molecule has 0 aliphatic heterocycles. The SMILES string of the molecule is CCCn1c(SCC(=O)Nc2sc3c(c2C#N)CCCCC3)nnc1-c1ccco1. The van der Waals surface area contributed by atoms with E-state index in [9.17, 15) is 10.1 Å². The van der Waals surface area contributed by atoms with Crippen molar-refractivity contribution < 1.29 is 9.21 Å². The molecule has 30 heavy (non-hydrogen) atoms. The first-order valence-electron chi connectivity index (χ1n) is 10.2. The quantitative estimate of drug-likeness (QED) is 0.414. The van der Waals surface area contributed by atoms with Crippen molar-refractivity contribution in [1.29, 1.82) is 5.26 Å². The summed E-state index contributed by atoms with van der Waals surface area (Å²) >= 11 is 2.90. The number of hydrogen-bond acceptors (Lipinski definition) is 7.